The first kappa shape index (κ1) is 11.0. The van der Waals surface area contributed by atoms with E-state index in [4.69, 9.17) is 16.6 Å². The van der Waals surface area contributed by atoms with Crippen LogP contribution in [0.1, 0.15) is 13.3 Å². The number of carboxylic acid groups (broad SMARTS) is 1. The van der Waals surface area contributed by atoms with Crippen molar-refractivity contribution in [3.8, 4) is 12.3 Å². The van der Waals surface area contributed by atoms with Crippen LogP contribution in [0.5, 0.6) is 0 Å². The lowest BCUT2D eigenvalue weighted by Gasteiger charge is -2.11. The van der Waals surface area contributed by atoms with E-state index in [-0.39, 0.29) is 19.0 Å². The van der Waals surface area contributed by atoms with Crippen molar-refractivity contribution in [1.29, 1.82) is 0 Å². The lowest BCUT2D eigenvalue weighted by atomic mass is 10.2. The summed E-state index contributed by atoms with van der Waals surface area (Å²) in [6, 6.07) is -0.145. The van der Waals surface area contributed by atoms with Crippen molar-refractivity contribution >= 4 is 5.97 Å². The molecular weight excluding hydrogens is 158 g/mol. The molecule has 0 aromatic rings. The molecule has 12 heavy (non-hydrogen) atoms. The number of rotatable bonds is 5. The molecule has 0 radical (unpaired) electrons. The molecule has 0 amide bonds. The molecular formula is C8H13NO3. The Morgan fingerprint density at radius 3 is 2.75 bits per heavy atom. The number of terminal acetylenes is 1. The molecule has 0 aromatic heterocycles. The van der Waals surface area contributed by atoms with Crippen molar-refractivity contribution in [3.63, 3.8) is 0 Å². The molecule has 0 saturated heterocycles. The first-order valence-corrected chi connectivity index (χ1v) is 3.65. The molecule has 0 bridgehead atoms. The lowest BCUT2D eigenvalue weighted by molar-refractivity contribution is -0.139. The van der Waals surface area contributed by atoms with E-state index < -0.39 is 12.1 Å². The number of carboxylic acids is 1. The molecule has 0 saturated carbocycles. The molecule has 68 valence electrons. The summed E-state index contributed by atoms with van der Waals surface area (Å²) in [7, 11) is 0. The van der Waals surface area contributed by atoms with Gasteiger partial charge in [0.1, 0.15) is 0 Å². The lowest BCUT2D eigenvalue weighted by Crippen LogP contribution is -2.33. The van der Waals surface area contributed by atoms with Crippen molar-refractivity contribution in [3.05, 3.63) is 0 Å². The topological polar surface area (TPSA) is 69.6 Å². The van der Waals surface area contributed by atoms with Crippen LogP contribution in [0.2, 0.25) is 0 Å². The maximum absolute atomic E-state index is 10.1. The van der Waals surface area contributed by atoms with E-state index >= 15 is 0 Å². The van der Waals surface area contributed by atoms with Crippen LogP contribution in [0, 0.1) is 12.3 Å². The summed E-state index contributed by atoms with van der Waals surface area (Å²) in [4.78, 5) is 10.1. The normalized spacial score (nSPS) is 14.8. The molecule has 0 rings (SSSR count). The van der Waals surface area contributed by atoms with E-state index in [0.717, 1.165) is 0 Å². The van der Waals surface area contributed by atoms with Gasteiger partial charge in [0.25, 0.3) is 0 Å². The zero-order valence-electron chi connectivity index (χ0n) is 6.95. The SMILES string of the molecule is C#CC(C)NCC(O)CC(=O)O. The summed E-state index contributed by atoms with van der Waals surface area (Å²) < 4.78 is 0. The highest BCUT2D eigenvalue weighted by atomic mass is 16.4. The Morgan fingerprint density at radius 2 is 2.33 bits per heavy atom. The zero-order chi connectivity index (χ0) is 9.56. The van der Waals surface area contributed by atoms with Crippen molar-refractivity contribution < 1.29 is 15.0 Å². The van der Waals surface area contributed by atoms with Gasteiger partial charge in [-0.3, -0.25) is 4.79 Å². The van der Waals surface area contributed by atoms with Gasteiger partial charge in [0.15, 0.2) is 0 Å². The first-order chi connectivity index (χ1) is 5.56. The Hall–Kier alpha value is -1.05. The Bertz CT molecular complexity index is 185. The van der Waals surface area contributed by atoms with Crippen LogP contribution in [-0.2, 0) is 4.79 Å². The van der Waals surface area contributed by atoms with Crippen LogP contribution < -0.4 is 5.32 Å². The van der Waals surface area contributed by atoms with Crippen molar-refractivity contribution in [2.75, 3.05) is 6.54 Å². The van der Waals surface area contributed by atoms with Crippen LogP contribution in [0.25, 0.3) is 0 Å². The molecule has 0 aliphatic rings. The second kappa shape index (κ2) is 5.58. The highest BCUT2D eigenvalue weighted by Gasteiger charge is 2.09. The maximum Gasteiger partial charge on any atom is 0.306 e. The third-order valence-corrected chi connectivity index (χ3v) is 1.32. The van der Waals surface area contributed by atoms with Crippen molar-refractivity contribution in [2.45, 2.75) is 25.5 Å². The largest absolute Gasteiger partial charge is 0.481 e. The minimum Gasteiger partial charge on any atom is -0.481 e. The van der Waals surface area contributed by atoms with E-state index in [0.29, 0.717) is 0 Å². The van der Waals surface area contributed by atoms with Crippen LogP contribution in [0.4, 0.5) is 0 Å². The molecule has 0 aliphatic carbocycles. The van der Waals surface area contributed by atoms with Gasteiger partial charge in [0, 0.05) is 6.54 Å². The summed E-state index contributed by atoms with van der Waals surface area (Å²) in [5.41, 5.74) is 0. The summed E-state index contributed by atoms with van der Waals surface area (Å²) >= 11 is 0. The van der Waals surface area contributed by atoms with Crippen molar-refractivity contribution in [1.82, 2.24) is 5.32 Å². The fourth-order valence-electron chi connectivity index (χ4n) is 0.645. The quantitative estimate of drug-likeness (QED) is 0.485. The van der Waals surface area contributed by atoms with E-state index in [1.807, 2.05) is 0 Å². The predicted octanol–water partition coefficient (Wildman–Crippen LogP) is -0.567. The van der Waals surface area contributed by atoms with Gasteiger partial charge in [-0.25, -0.2) is 0 Å². The first-order valence-electron chi connectivity index (χ1n) is 3.65. The Balaban J connectivity index is 3.51. The van der Waals surface area contributed by atoms with Crippen LogP contribution >= 0.6 is 0 Å². The van der Waals surface area contributed by atoms with Gasteiger partial charge >= 0.3 is 5.97 Å². The summed E-state index contributed by atoms with van der Waals surface area (Å²) in [6.45, 7) is 1.96. The van der Waals surface area contributed by atoms with E-state index in [2.05, 4.69) is 11.2 Å². The second-order valence-electron chi connectivity index (χ2n) is 2.55. The third-order valence-electron chi connectivity index (χ3n) is 1.32. The van der Waals surface area contributed by atoms with Gasteiger partial charge in [-0.05, 0) is 6.92 Å². The highest BCUT2D eigenvalue weighted by Crippen LogP contribution is 1.90. The molecule has 4 heteroatoms. The minimum absolute atomic E-state index is 0.145. The smallest absolute Gasteiger partial charge is 0.306 e. The van der Waals surface area contributed by atoms with Crippen LogP contribution in [0.15, 0.2) is 0 Å². The molecule has 2 atom stereocenters. The number of aliphatic hydroxyl groups excluding tert-OH is 1. The molecule has 0 heterocycles. The summed E-state index contributed by atoms with van der Waals surface area (Å²) in [6.07, 6.45) is 3.91. The molecule has 0 aliphatic heterocycles. The van der Waals surface area contributed by atoms with Gasteiger partial charge in [0.05, 0.1) is 18.6 Å². The van der Waals surface area contributed by atoms with Gasteiger partial charge in [0.2, 0.25) is 0 Å². The molecule has 0 fully saturated rings. The van der Waals surface area contributed by atoms with E-state index in [1.165, 1.54) is 0 Å². The third kappa shape index (κ3) is 5.71. The van der Waals surface area contributed by atoms with Crippen LogP contribution in [-0.4, -0.2) is 34.9 Å². The number of aliphatic hydroxyl groups is 1. The standard InChI is InChI=1S/C8H13NO3/c1-3-6(2)9-5-7(10)4-8(11)12/h1,6-7,9-10H,4-5H2,2H3,(H,11,12). The van der Waals surface area contributed by atoms with E-state index in [9.17, 15) is 4.79 Å². The molecule has 3 N–H and O–H groups in total. The average molecular weight is 171 g/mol. The number of hydrogen-bond acceptors (Lipinski definition) is 3. The average Bonchev–Trinajstić information content (AvgIpc) is 1.99. The fourth-order valence-corrected chi connectivity index (χ4v) is 0.645. The van der Waals surface area contributed by atoms with Gasteiger partial charge in [-0.1, -0.05) is 5.92 Å². The van der Waals surface area contributed by atoms with Crippen molar-refractivity contribution in [2.24, 2.45) is 0 Å². The highest BCUT2D eigenvalue weighted by molar-refractivity contribution is 5.67. The number of nitrogens with one attached hydrogen (secondary N) is 1. The summed E-state index contributed by atoms with van der Waals surface area (Å²) in [5, 5.41) is 20.1. The van der Waals surface area contributed by atoms with Crippen LogP contribution in [0.3, 0.4) is 0 Å². The minimum atomic E-state index is -1.02. The van der Waals surface area contributed by atoms with Gasteiger partial charge < -0.3 is 15.5 Å². The molecule has 2 unspecified atom stereocenters. The number of hydrogen-bond donors (Lipinski definition) is 3. The Labute approximate surface area is 71.6 Å². The predicted molar refractivity (Wildman–Crippen MR) is 44.6 cm³/mol. The Kier molecular flexibility index (Phi) is 5.09. The van der Waals surface area contributed by atoms with Gasteiger partial charge in [-0.15, -0.1) is 6.42 Å². The maximum atomic E-state index is 10.1. The fraction of sp³-hybridized carbons (Fsp3) is 0.625. The van der Waals surface area contributed by atoms with E-state index in [1.54, 1.807) is 6.92 Å². The van der Waals surface area contributed by atoms with Gasteiger partial charge in [-0.2, -0.15) is 0 Å². The summed E-state index contributed by atoms with van der Waals surface area (Å²) in [5.74, 6) is 1.39. The molecule has 0 aromatic carbocycles. The zero-order valence-corrected chi connectivity index (χ0v) is 6.95. The number of carbonyl (C=O) groups is 1. The molecule has 0 spiro atoms. The number of aliphatic carboxylic acids is 1. The monoisotopic (exact) mass is 171 g/mol. The second-order valence-corrected chi connectivity index (χ2v) is 2.55. The molecule has 4 nitrogen and oxygen atoms in total. The Morgan fingerprint density at radius 1 is 1.75 bits per heavy atom.